The van der Waals surface area contributed by atoms with Crippen LogP contribution < -0.4 is 11.1 Å². The van der Waals surface area contributed by atoms with Crippen LogP contribution >= 0.6 is 0 Å². The first-order valence-electron chi connectivity index (χ1n) is 5.24. The minimum atomic E-state index is 0.588. The molecule has 0 aliphatic heterocycles. The molecule has 0 aliphatic carbocycles. The normalized spacial score (nSPS) is 11.8. The third-order valence-electron chi connectivity index (χ3n) is 2.14. The van der Waals surface area contributed by atoms with E-state index in [1.807, 2.05) is 31.2 Å². The summed E-state index contributed by atoms with van der Waals surface area (Å²) in [5, 5.41) is 2.95. The molecule has 0 heterocycles. The van der Waals surface area contributed by atoms with E-state index in [4.69, 9.17) is 5.73 Å². The van der Waals surface area contributed by atoms with Gasteiger partial charge >= 0.3 is 0 Å². The van der Waals surface area contributed by atoms with Crippen LogP contribution in [0.2, 0.25) is 0 Å². The maximum absolute atomic E-state index is 5.77. The fourth-order valence-electron chi connectivity index (χ4n) is 1.34. The second-order valence-electron chi connectivity index (χ2n) is 3.64. The van der Waals surface area contributed by atoms with Crippen molar-refractivity contribution in [3.8, 4) is 0 Å². The average molecular weight is 214 g/mol. The lowest BCUT2D eigenvalue weighted by molar-refractivity contribution is 1.03. The molecule has 0 saturated heterocycles. The van der Waals surface area contributed by atoms with Crippen LogP contribution in [0, 0.1) is 6.92 Å². The maximum atomic E-state index is 5.77. The molecule has 1 rings (SSSR count). The molecule has 0 aliphatic rings. The van der Waals surface area contributed by atoms with E-state index in [-0.39, 0.29) is 0 Å². The first-order valence-corrected chi connectivity index (χ1v) is 5.24. The Balaban J connectivity index is 2.79. The molecule has 3 N–H and O–H groups in total. The monoisotopic (exact) mass is 214 g/mol. The molecular weight excluding hydrogens is 196 g/mol. The number of nitrogens with one attached hydrogen (secondary N) is 1. The van der Waals surface area contributed by atoms with E-state index in [9.17, 15) is 0 Å². The molecule has 0 bridgehead atoms. The van der Waals surface area contributed by atoms with Crippen molar-refractivity contribution >= 4 is 5.57 Å². The fraction of sp³-hybridized carbons (Fsp3) is 0.143. The Morgan fingerprint density at radius 3 is 2.81 bits per heavy atom. The van der Waals surface area contributed by atoms with Gasteiger partial charge in [0.25, 0.3) is 0 Å². The highest BCUT2D eigenvalue weighted by Gasteiger charge is 1.96. The van der Waals surface area contributed by atoms with E-state index in [0.717, 1.165) is 11.1 Å². The van der Waals surface area contributed by atoms with Crippen molar-refractivity contribution < 1.29 is 0 Å². The highest BCUT2D eigenvalue weighted by atomic mass is 15.0. The van der Waals surface area contributed by atoms with Gasteiger partial charge in [0.15, 0.2) is 0 Å². The highest BCUT2D eigenvalue weighted by molar-refractivity contribution is 5.72. The SMILES string of the molecule is C=C(/C=C(/N)N/C=C/C)c1cccc(C)c1. The van der Waals surface area contributed by atoms with Gasteiger partial charge < -0.3 is 11.1 Å². The number of aryl methyl sites for hydroxylation is 1. The summed E-state index contributed by atoms with van der Waals surface area (Å²) in [5.74, 6) is 0.588. The molecule has 1 aromatic rings. The minimum absolute atomic E-state index is 0.588. The van der Waals surface area contributed by atoms with Gasteiger partial charge in [-0.25, -0.2) is 0 Å². The van der Waals surface area contributed by atoms with Gasteiger partial charge in [-0.05, 0) is 37.3 Å². The van der Waals surface area contributed by atoms with Crippen LogP contribution in [0.4, 0.5) is 0 Å². The van der Waals surface area contributed by atoms with Crippen molar-refractivity contribution in [1.29, 1.82) is 0 Å². The lowest BCUT2D eigenvalue weighted by Gasteiger charge is -2.04. The van der Waals surface area contributed by atoms with Gasteiger partial charge in [0, 0.05) is 0 Å². The number of benzene rings is 1. The van der Waals surface area contributed by atoms with Crippen LogP contribution in [0.5, 0.6) is 0 Å². The van der Waals surface area contributed by atoms with Crippen LogP contribution in [0.25, 0.3) is 5.57 Å². The Bertz CT molecular complexity index is 428. The Morgan fingerprint density at radius 1 is 1.44 bits per heavy atom. The zero-order valence-electron chi connectivity index (χ0n) is 9.83. The van der Waals surface area contributed by atoms with Gasteiger partial charge in [-0.1, -0.05) is 42.5 Å². The van der Waals surface area contributed by atoms with Crippen LogP contribution in [-0.4, -0.2) is 0 Å². The Hall–Kier alpha value is -1.96. The zero-order valence-corrected chi connectivity index (χ0v) is 9.83. The first-order chi connectivity index (χ1) is 7.63. The molecular formula is C14H18N2. The average Bonchev–Trinajstić information content (AvgIpc) is 2.26. The number of hydrogen-bond donors (Lipinski definition) is 2. The van der Waals surface area contributed by atoms with Crippen molar-refractivity contribution in [2.75, 3.05) is 0 Å². The summed E-state index contributed by atoms with van der Waals surface area (Å²) in [7, 11) is 0. The molecule has 0 spiro atoms. The van der Waals surface area contributed by atoms with E-state index in [1.54, 1.807) is 6.20 Å². The molecule has 0 fully saturated rings. The lowest BCUT2D eigenvalue weighted by Crippen LogP contribution is -2.13. The minimum Gasteiger partial charge on any atom is -0.385 e. The third-order valence-corrected chi connectivity index (χ3v) is 2.14. The predicted octanol–water partition coefficient (Wildman–Crippen LogP) is 2.93. The lowest BCUT2D eigenvalue weighted by atomic mass is 10.1. The summed E-state index contributed by atoms with van der Waals surface area (Å²) in [6.07, 6.45) is 5.50. The summed E-state index contributed by atoms with van der Waals surface area (Å²) >= 11 is 0. The van der Waals surface area contributed by atoms with Crippen LogP contribution in [-0.2, 0) is 0 Å². The van der Waals surface area contributed by atoms with Crippen LogP contribution in [0.15, 0.2) is 55.0 Å². The summed E-state index contributed by atoms with van der Waals surface area (Å²) in [5.41, 5.74) is 8.98. The molecule has 2 nitrogen and oxygen atoms in total. The fourth-order valence-corrected chi connectivity index (χ4v) is 1.34. The largest absolute Gasteiger partial charge is 0.385 e. The van der Waals surface area contributed by atoms with Crippen molar-refractivity contribution in [1.82, 2.24) is 5.32 Å². The molecule has 16 heavy (non-hydrogen) atoms. The third kappa shape index (κ3) is 3.65. The highest BCUT2D eigenvalue weighted by Crippen LogP contribution is 2.15. The van der Waals surface area contributed by atoms with Gasteiger partial charge in [-0.15, -0.1) is 0 Å². The Morgan fingerprint density at radius 2 is 2.19 bits per heavy atom. The number of hydrogen-bond acceptors (Lipinski definition) is 2. The molecule has 0 saturated carbocycles. The second-order valence-corrected chi connectivity index (χ2v) is 3.64. The topological polar surface area (TPSA) is 38.0 Å². The van der Waals surface area contributed by atoms with E-state index < -0.39 is 0 Å². The van der Waals surface area contributed by atoms with Crippen molar-refractivity contribution in [2.45, 2.75) is 13.8 Å². The van der Waals surface area contributed by atoms with Crippen LogP contribution in [0.1, 0.15) is 18.1 Å². The van der Waals surface area contributed by atoms with E-state index in [0.29, 0.717) is 5.82 Å². The van der Waals surface area contributed by atoms with Gasteiger partial charge in [0.05, 0.1) is 0 Å². The molecule has 0 atom stereocenters. The number of rotatable bonds is 4. The molecule has 84 valence electrons. The van der Waals surface area contributed by atoms with Gasteiger partial charge in [-0.3, -0.25) is 0 Å². The van der Waals surface area contributed by atoms with Crippen molar-refractivity contribution in [2.24, 2.45) is 5.73 Å². The van der Waals surface area contributed by atoms with Gasteiger partial charge in [0.1, 0.15) is 5.82 Å². The van der Waals surface area contributed by atoms with Crippen LogP contribution in [0.3, 0.4) is 0 Å². The summed E-state index contributed by atoms with van der Waals surface area (Å²) < 4.78 is 0. The Kier molecular flexibility index (Phi) is 4.40. The number of allylic oxidation sites excluding steroid dienone is 3. The van der Waals surface area contributed by atoms with Crippen molar-refractivity contribution in [3.63, 3.8) is 0 Å². The quantitative estimate of drug-likeness (QED) is 0.756. The van der Waals surface area contributed by atoms with E-state index >= 15 is 0 Å². The molecule has 1 aromatic carbocycles. The Labute approximate surface area is 97.2 Å². The van der Waals surface area contributed by atoms with E-state index in [2.05, 4.69) is 31.0 Å². The number of nitrogens with two attached hydrogens (primary N) is 1. The molecule has 0 amide bonds. The summed E-state index contributed by atoms with van der Waals surface area (Å²) in [4.78, 5) is 0. The molecule has 0 aromatic heterocycles. The first kappa shape index (κ1) is 12.1. The standard InChI is InChI=1S/C14H18N2/c1-4-8-16-14(15)10-12(3)13-7-5-6-11(2)9-13/h4-10,16H,3,15H2,1-2H3/b8-4+,14-10-. The van der Waals surface area contributed by atoms with Gasteiger partial charge in [-0.2, -0.15) is 0 Å². The second kappa shape index (κ2) is 5.81. The molecule has 0 unspecified atom stereocenters. The molecule has 2 heteroatoms. The smallest absolute Gasteiger partial charge is 0.101 e. The summed E-state index contributed by atoms with van der Waals surface area (Å²) in [6, 6.07) is 8.18. The maximum Gasteiger partial charge on any atom is 0.101 e. The zero-order chi connectivity index (χ0) is 12.0. The van der Waals surface area contributed by atoms with Crippen molar-refractivity contribution in [3.05, 3.63) is 66.1 Å². The van der Waals surface area contributed by atoms with Gasteiger partial charge in [0.2, 0.25) is 0 Å². The van der Waals surface area contributed by atoms with E-state index in [1.165, 1.54) is 5.56 Å². The predicted molar refractivity (Wildman–Crippen MR) is 70.4 cm³/mol. The summed E-state index contributed by atoms with van der Waals surface area (Å²) in [6.45, 7) is 7.98. The molecule has 0 radical (unpaired) electrons.